The quantitative estimate of drug-likeness (QED) is 0.891. The molecule has 3 nitrogen and oxygen atoms in total. The second-order valence-electron chi connectivity index (χ2n) is 6.11. The van der Waals surface area contributed by atoms with E-state index in [2.05, 4.69) is 61.7 Å². The molecule has 0 aliphatic heterocycles. The van der Waals surface area contributed by atoms with Crippen molar-refractivity contribution in [1.82, 2.24) is 9.97 Å². The van der Waals surface area contributed by atoms with E-state index >= 15 is 0 Å². The lowest BCUT2D eigenvalue weighted by molar-refractivity contribution is 0.568. The highest BCUT2D eigenvalue weighted by Gasteiger charge is 2.19. The molecule has 4 heteroatoms. The standard InChI is InChI=1S/C16H23N3S/c1-6-7-17-14-8-13(16(3,4)5)18-15(19-14)12-10-20-9-11(12)2/h8-10H,6-7H2,1-5H3,(H,17,18,19). The lowest BCUT2D eigenvalue weighted by atomic mass is 9.91. The first-order valence-electron chi connectivity index (χ1n) is 7.08. The number of hydrogen-bond acceptors (Lipinski definition) is 4. The van der Waals surface area contributed by atoms with E-state index in [1.165, 1.54) is 5.56 Å². The monoisotopic (exact) mass is 289 g/mol. The Bertz CT molecular complexity index is 582. The summed E-state index contributed by atoms with van der Waals surface area (Å²) in [5, 5.41) is 7.65. The fraction of sp³-hybridized carbons (Fsp3) is 0.500. The highest BCUT2D eigenvalue weighted by molar-refractivity contribution is 7.08. The first kappa shape index (κ1) is 15.0. The molecule has 0 bridgehead atoms. The van der Waals surface area contributed by atoms with Crippen LogP contribution >= 0.6 is 11.3 Å². The van der Waals surface area contributed by atoms with Crippen LogP contribution in [-0.2, 0) is 5.41 Å². The largest absolute Gasteiger partial charge is 0.370 e. The number of anilines is 1. The van der Waals surface area contributed by atoms with Crippen LogP contribution in [0.5, 0.6) is 0 Å². The number of nitrogens with zero attached hydrogens (tertiary/aromatic N) is 2. The van der Waals surface area contributed by atoms with Crippen LogP contribution in [0.3, 0.4) is 0 Å². The molecule has 20 heavy (non-hydrogen) atoms. The minimum Gasteiger partial charge on any atom is -0.370 e. The van der Waals surface area contributed by atoms with Crippen molar-refractivity contribution in [3.05, 3.63) is 28.1 Å². The Hall–Kier alpha value is -1.42. The maximum atomic E-state index is 4.77. The van der Waals surface area contributed by atoms with E-state index in [9.17, 15) is 0 Å². The molecule has 0 saturated carbocycles. The van der Waals surface area contributed by atoms with Gasteiger partial charge in [-0.1, -0.05) is 27.7 Å². The molecule has 0 aliphatic carbocycles. The molecule has 2 aromatic heterocycles. The van der Waals surface area contributed by atoms with Crippen molar-refractivity contribution in [3.63, 3.8) is 0 Å². The summed E-state index contributed by atoms with van der Waals surface area (Å²) in [5.41, 5.74) is 3.47. The van der Waals surface area contributed by atoms with Crippen molar-refractivity contribution in [1.29, 1.82) is 0 Å². The highest BCUT2D eigenvalue weighted by atomic mass is 32.1. The van der Waals surface area contributed by atoms with Gasteiger partial charge in [0.15, 0.2) is 5.82 Å². The molecule has 2 rings (SSSR count). The van der Waals surface area contributed by atoms with Crippen molar-refractivity contribution in [2.45, 2.75) is 46.5 Å². The van der Waals surface area contributed by atoms with Crippen molar-refractivity contribution in [3.8, 4) is 11.4 Å². The SMILES string of the molecule is CCCNc1cc(C(C)(C)C)nc(-c2cscc2C)n1. The van der Waals surface area contributed by atoms with Crippen LogP contribution in [-0.4, -0.2) is 16.5 Å². The molecule has 2 heterocycles. The van der Waals surface area contributed by atoms with Crippen LogP contribution in [0, 0.1) is 6.92 Å². The Labute approximate surface area is 125 Å². The van der Waals surface area contributed by atoms with Gasteiger partial charge in [0.1, 0.15) is 5.82 Å². The van der Waals surface area contributed by atoms with Crippen LogP contribution in [0.25, 0.3) is 11.4 Å². The van der Waals surface area contributed by atoms with E-state index in [1.54, 1.807) is 11.3 Å². The van der Waals surface area contributed by atoms with Gasteiger partial charge in [-0.15, -0.1) is 0 Å². The minimum atomic E-state index is 0.0181. The average Bonchev–Trinajstić information content (AvgIpc) is 2.81. The summed E-state index contributed by atoms with van der Waals surface area (Å²) in [5.74, 6) is 1.75. The molecule has 0 radical (unpaired) electrons. The van der Waals surface area contributed by atoms with Gasteiger partial charge in [0.25, 0.3) is 0 Å². The molecular formula is C16H23N3S. The van der Waals surface area contributed by atoms with E-state index in [0.717, 1.165) is 35.9 Å². The van der Waals surface area contributed by atoms with Gasteiger partial charge in [-0.2, -0.15) is 11.3 Å². The number of hydrogen-bond donors (Lipinski definition) is 1. The Kier molecular flexibility index (Phi) is 4.43. The minimum absolute atomic E-state index is 0.0181. The molecule has 0 fully saturated rings. The molecule has 108 valence electrons. The van der Waals surface area contributed by atoms with Crippen LogP contribution in [0.4, 0.5) is 5.82 Å². The van der Waals surface area contributed by atoms with Gasteiger partial charge < -0.3 is 5.32 Å². The van der Waals surface area contributed by atoms with E-state index in [-0.39, 0.29) is 5.41 Å². The molecule has 0 unspecified atom stereocenters. The van der Waals surface area contributed by atoms with Gasteiger partial charge in [0, 0.05) is 29.0 Å². The molecule has 0 atom stereocenters. The summed E-state index contributed by atoms with van der Waals surface area (Å²) in [7, 11) is 0. The Morgan fingerprint density at radius 3 is 2.50 bits per heavy atom. The molecule has 0 saturated heterocycles. The summed E-state index contributed by atoms with van der Waals surface area (Å²) < 4.78 is 0. The van der Waals surface area contributed by atoms with Crippen LogP contribution in [0.2, 0.25) is 0 Å². The van der Waals surface area contributed by atoms with Crippen LogP contribution in [0.1, 0.15) is 45.4 Å². The van der Waals surface area contributed by atoms with Crippen LogP contribution < -0.4 is 5.32 Å². The molecule has 0 amide bonds. The van der Waals surface area contributed by atoms with Crippen LogP contribution in [0.15, 0.2) is 16.8 Å². The Morgan fingerprint density at radius 1 is 1.20 bits per heavy atom. The van der Waals surface area contributed by atoms with E-state index in [4.69, 9.17) is 4.98 Å². The first-order valence-corrected chi connectivity index (χ1v) is 8.02. The lowest BCUT2D eigenvalue weighted by Gasteiger charge is -2.19. The fourth-order valence-electron chi connectivity index (χ4n) is 1.89. The summed E-state index contributed by atoms with van der Waals surface area (Å²) in [6.07, 6.45) is 1.08. The van der Waals surface area contributed by atoms with Gasteiger partial charge in [-0.25, -0.2) is 9.97 Å². The zero-order chi connectivity index (χ0) is 14.8. The molecule has 2 aromatic rings. The topological polar surface area (TPSA) is 37.8 Å². The van der Waals surface area contributed by atoms with Crippen molar-refractivity contribution < 1.29 is 0 Å². The molecular weight excluding hydrogens is 266 g/mol. The van der Waals surface area contributed by atoms with Gasteiger partial charge in [0.2, 0.25) is 0 Å². The van der Waals surface area contributed by atoms with Gasteiger partial charge in [-0.3, -0.25) is 0 Å². The number of aromatic nitrogens is 2. The fourth-order valence-corrected chi connectivity index (χ4v) is 2.71. The van der Waals surface area contributed by atoms with E-state index < -0.39 is 0 Å². The third-order valence-corrected chi connectivity index (χ3v) is 4.01. The zero-order valence-corrected chi connectivity index (χ0v) is 13.8. The maximum absolute atomic E-state index is 4.77. The molecule has 0 aromatic carbocycles. The smallest absolute Gasteiger partial charge is 0.162 e. The van der Waals surface area contributed by atoms with Gasteiger partial charge in [-0.05, 0) is 24.3 Å². The lowest BCUT2D eigenvalue weighted by Crippen LogP contribution is -2.16. The number of aryl methyl sites for hydroxylation is 1. The number of nitrogens with one attached hydrogen (secondary N) is 1. The number of rotatable bonds is 4. The van der Waals surface area contributed by atoms with Crippen molar-refractivity contribution in [2.24, 2.45) is 0 Å². The first-order chi connectivity index (χ1) is 9.41. The van der Waals surface area contributed by atoms with Gasteiger partial charge >= 0.3 is 0 Å². The average molecular weight is 289 g/mol. The molecule has 1 N–H and O–H groups in total. The third kappa shape index (κ3) is 3.37. The second-order valence-corrected chi connectivity index (χ2v) is 6.85. The highest BCUT2D eigenvalue weighted by Crippen LogP contribution is 2.28. The molecule has 0 aliphatic rings. The normalized spacial score (nSPS) is 11.7. The predicted octanol–water partition coefficient (Wildman–Crippen LogP) is 4.63. The Balaban J connectivity index is 2.48. The summed E-state index contributed by atoms with van der Waals surface area (Å²) >= 11 is 1.70. The summed E-state index contributed by atoms with van der Waals surface area (Å²) in [6.45, 7) is 11.7. The predicted molar refractivity (Wildman–Crippen MR) is 87.6 cm³/mol. The summed E-state index contributed by atoms with van der Waals surface area (Å²) in [4.78, 5) is 9.44. The maximum Gasteiger partial charge on any atom is 0.162 e. The van der Waals surface area contributed by atoms with E-state index in [1.807, 2.05) is 0 Å². The second kappa shape index (κ2) is 5.92. The van der Waals surface area contributed by atoms with E-state index in [0.29, 0.717) is 0 Å². The van der Waals surface area contributed by atoms with Crippen molar-refractivity contribution >= 4 is 17.2 Å². The molecule has 0 spiro atoms. The zero-order valence-electron chi connectivity index (χ0n) is 12.9. The summed E-state index contributed by atoms with van der Waals surface area (Å²) in [6, 6.07) is 2.07. The number of thiophene rings is 1. The Morgan fingerprint density at radius 2 is 1.95 bits per heavy atom. The van der Waals surface area contributed by atoms with Crippen molar-refractivity contribution in [2.75, 3.05) is 11.9 Å². The van der Waals surface area contributed by atoms with Gasteiger partial charge in [0.05, 0.1) is 5.69 Å². The third-order valence-electron chi connectivity index (χ3n) is 3.15.